The molecular weight excluding hydrogens is 315 g/mol. The number of hydrogen-bond acceptors (Lipinski definition) is 3. The highest BCUT2D eigenvalue weighted by atomic mass is 32.1. The van der Waals surface area contributed by atoms with Gasteiger partial charge in [-0.1, -0.05) is 24.3 Å². The smallest absolute Gasteiger partial charge is 0.258 e. The predicted molar refractivity (Wildman–Crippen MR) is 88.2 cm³/mol. The van der Waals surface area contributed by atoms with Crippen LogP contribution in [0, 0.1) is 10.6 Å². The normalized spacial score (nSPS) is 10.5. The van der Waals surface area contributed by atoms with Gasteiger partial charge in [-0.15, -0.1) is 0 Å². The summed E-state index contributed by atoms with van der Waals surface area (Å²) in [6.07, 6.45) is 0. The Hall–Kier alpha value is -2.80. The van der Waals surface area contributed by atoms with Gasteiger partial charge >= 0.3 is 0 Å². The summed E-state index contributed by atoms with van der Waals surface area (Å²) in [7, 11) is 1.80. The molecule has 0 fully saturated rings. The summed E-state index contributed by atoms with van der Waals surface area (Å²) < 4.78 is 15.9. The number of nitrogens with one attached hydrogen (secondary N) is 2. The standard InChI is InChI=1S/C16H13FN4OS/c1-21-14(19-20-16(21)23)10-5-4-6-11(9-10)18-15(22)12-7-2-3-8-13(12)17/h2-9H,1H3,(H,18,22)(H,20,23). The van der Waals surface area contributed by atoms with Gasteiger partial charge in [0.1, 0.15) is 5.82 Å². The van der Waals surface area contributed by atoms with Crippen molar-refractivity contribution in [3.63, 3.8) is 0 Å². The van der Waals surface area contributed by atoms with Crippen LogP contribution in [0.1, 0.15) is 10.4 Å². The molecule has 0 aliphatic carbocycles. The molecule has 0 aliphatic rings. The molecule has 0 bridgehead atoms. The number of benzene rings is 2. The van der Waals surface area contributed by atoms with E-state index in [1.54, 1.807) is 35.9 Å². The molecule has 0 radical (unpaired) electrons. The fourth-order valence-corrected chi connectivity index (χ4v) is 2.32. The van der Waals surface area contributed by atoms with Crippen molar-refractivity contribution < 1.29 is 9.18 Å². The van der Waals surface area contributed by atoms with Crippen LogP contribution < -0.4 is 5.32 Å². The lowest BCUT2D eigenvalue weighted by atomic mass is 10.1. The first-order valence-electron chi connectivity index (χ1n) is 6.84. The molecule has 3 rings (SSSR count). The van der Waals surface area contributed by atoms with E-state index in [2.05, 4.69) is 15.5 Å². The fraction of sp³-hybridized carbons (Fsp3) is 0.0625. The average Bonchev–Trinajstić information content (AvgIpc) is 2.87. The van der Waals surface area contributed by atoms with Crippen LogP contribution in [0.5, 0.6) is 0 Å². The zero-order chi connectivity index (χ0) is 16.4. The molecule has 3 aromatic rings. The number of hydrogen-bond donors (Lipinski definition) is 2. The first-order chi connectivity index (χ1) is 11.1. The molecule has 116 valence electrons. The van der Waals surface area contributed by atoms with Crippen molar-refractivity contribution in [3.8, 4) is 11.4 Å². The number of halogens is 1. The number of aromatic nitrogens is 3. The minimum absolute atomic E-state index is 0.00364. The molecule has 0 saturated heterocycles. The summed E-state index contributed by atoms with van der Waals surface area (Å²) in [5, 5.41) is 9.54. The van der Waals surface area contributed by atoms with Gasteiger partial charge in [0.15, 0.2) is 10.6 Å². The van der Waals surface area contributed by atoms with Crippen molar-refractivity contribution in [2.24, 2.45) is 7.05 Å². The first-order valence-corrected chi connectivity index (χ1v) is 7.25. The van der Waals surface area contributed by atoms with E-state index >= 15 is 0 Å². The maximum atomic E-state index is 13.7. The number of anilines is 1. The molecular formula is C16H13FN4OS. The number of amides is 1. The van der Waals surface area contributed by atoms with Crippen molar-refractivity contribution in [1.82, 2.24) is 14.8 Å². The third-order valence-corrected chi connectivity index (χ3v) is 3.74. The Morgan fingerprint density at radius 1 is 1.26 bits per heavy atom. The van der Waals surface area contributed by atoms with Gasteiger partial charge in [-0.05, 0) is 36.5 Å². The van der Waals surface area contributed by atoms with Crippen LogP contribution in [0.2, 0.25) is 0 Å². The topological polar surface area (TPSA) is 62.7 Å². The van der Waals surface area contributed by atoms with Crippen LogP contribution in [-0.2, 0) is 7.05 Å². The number of nitrogens with zero attached hydrogens (tertiary/aromatic N) is 2. The number of rotatable bonds is 3. The second kappa shape index (κ2) is 6.13. The zero-order valence-electron chi connectivity index (χ0n) is 12.2. The van der Waals surface area contributed by atoms with E-state index in [1.807, 2.05) is 6.07 Å². The molecule has 0 atom stereocenters. The van der Waals surface area contributed by atoms with Gasteiger partial charge in [-0.3, -0.25) is 9.89 Å². The van der Waals surface area contributed by atoms with Crippen LogP contribution in [0.25, 0.3) is 11.4 Å². The zero-order valence-corrected chi connectivity index (χ0v) is 13.0. The van der Waals surface area contributed by atoms with Crippen LogP contribution in [0.4, 0.5) is 10.1 Å². The molecule has 1 heterocycles. The van der Waals surface area contributed by atoms with E-state index in [0.717, 1.165) is 5.56 Å². The summed E-state index contributed by atoms with van der Waals surface area (Å²) in [6, 6.07) is 13.0. The minimum Gasteiger partial charge on any atom is -0.322 e. The van der Waals surface area contributed by atoms with Crippen molar-refractivity contribution in [1.29, 1.82) is 0 Å². The molecule has 23 heavy (non-hydrogen) atoms. The molecule has 1 amide bonds. The minimum atomic E-state index is -0.560. The summed E-state index contributed by atoms with van der Waals surface area (Å²) >= 11 is 5.09. The molecule has 5 nitrogen and oxygen atoms in total. The lowest BCUT2D eigenvalue weighted by molar-refractivity contribution is 0.102. The summed E-state index contributed by atoms with van der Waals surface area (Å²) in [4.78, 5) is 12.2. The summed E-state index contributed by atoms with van der Waals surface area (Å²) in [6.45, 7) is 0. The Balaban J connectivity index is 1.89. The maximum Gasteiger partial charge on any atom is 0.258 e. The van der Waals surface area contributed by atoms with Gasteiger partial charge < -0.3 is 9.88 Å². The molecule has 2 N–H and O–H groups in total. The molecule has 2 aromatic carbocycles. The van der Waals surface area contributed by atoms with Crippen LogP contribution in [0.15, 0.2) is 48.5 Å². The highest BCUT2D eigenvalue weighted by molar-refractivity contribution is 7.71. The van der Waals surface area contributed by atoms with E-state index in [1.165, 1.54) is 18.2 Å². The average molecular weight is 328 g/mol. The van der Waals surface area contributed by atoms with Crippen molar-refractivity contribution in [2.45, 2.75) is 0 Å². The lowest BCUT2D eigenvalue weighted by Gasteiger charge is -2.08. The maximum absolute atomic E-state index is 13.7. The largest absolute Gasteiger partial charge is 0.322 e. The Morgan fingerprint density at radius 2 is 2.04 bits per heavy atom. The van der Waals surface area contributed by atoms with Crippen molar-refractivity contribution in [2.75, 3.05) is 5.32 Å². The molecule has 0 saturated carbocycles. The molecule has 1 aromatic heterocycles. The highest BCUT2D eigenvalue weighted by Crippen LogP contribution is 2.21. The van der Waals surface area contributed by atoms with Gasteiger partial charge in [0.05, 0.1) is 5.56 Å². The van der Waals surface area contributed by atoms with Gasteiger partial charge in [-0.25, -0.2) is 4.39 Å². The highest BCUT2D eigenvalue weighted by Gasteiger charge is 2.12. The van der Waals surface area contributed by atoms with Crippen molar-refractivity contribution in [3.05, 3.63) is 64.7 Å². The van der Waals surface area contributed by atoms with E-state index in [0.29, 0.717) is 16.3 Å². The number of carbonyl (C=O) groups excluding carboxylic acids is 1. The molecule has 7 heteroatoms. The van der Waals surface area contributed by atoms with Crippen LogP contribution in [-0.4, -0.2) is 20.7 Å². The van der Waals surface area contributed by atoms with Gasteiger partial charge in [0.2, 0.25) is 0 Å². The SMILES string of the molecule is Cn1c(-c2cccc(NC(=O)c3ccccc3F)c2)n[nH]c1=S. The quantitative estimate of drug-likeness (QED) is 0.723. The Labute approximate surface area is 136 Å². The van der Waals surface area contributed by atoms with Gasteiger partial charge in [0.25, 0.3) is 5.91 Å². The second-order valence-electron chi connectivity index (χ2n) is 4.93. The second-order valence-corrected chi connectivity index (χ2v) is 5.31. The summed E-state index contributed by atoms with van der Waals surface area (Å²) in [5.41, 5.74) is 1.33. The van der Waals surface area contributed by atoms with E-state index in [-0.39, 0.29) is 5.56 Å². The Bertz CT molecular complexity index is 932. The molecule has 0 spiro atoms. The Morgan fingerprint density at radius 3 is 2.74 bits per heavy atom. The van der Waals surface area contributed by atoms with E-state index in [4.69, 9.17) is 12.2 Å². The number of aromatic amines is 1. The summed E-state index contributed by atoms with van der Waals surface area (Å²) in [5.74, 6) is -0.414. The predicted octanol–water partition coefficient (Wildman–Crippen LogP) is 3.54. The van der Waals surface area contributed by atoms with Crippen LogP contribution >= 0.6 is 12.2 Å². The van der Waals surface area contributed by atoms with Gasteiger partial charge in [-0.2, -0.15) is 5.10 Å². The lowest BCUT2D eigenvalue weighted by Crippen LogP contribution is -2.13. The van der Waals surface area contributed by atoms with Crippen LogP contribution in [0.3, 0.4) is 0 Å². The third kappa shape index (κ3) is 3.04. The monoisotopic (exact) mass is 328 g/mol. The third-order valence-electron chi connectivity index (χ3n) is 3.38. The fourth-order valence-electron chi connectivity index (χ4n) is 2.18. The number of H-pyrrole nitrogens is 1. The number of carbonyl (C=O) groups is 1. The molecule has 0 unspecified atom stereocenters. The first kappa shape index (κ1) is 15.1. The van der Waals surface area contributed by atoms with E-state index < -0.39 is 11.7 Å². The van der Waals surface area contributed by atoms with E-state index in [9.17, 15) is 9.18 Å². The van der Waals surface area contributed by atoms with Crippen molar-refractivity contribution >= 4 is 23.8 Å². The Kier molecular flexibility index (Phi) is 4.03. The molecule has 0 aliphatic heterocycles. The van der Waals surface area contributed by atoms with Gasteiger partial charge in [0, 0.05) is 18.3 Å².